The molecule has 0 aliphatic carbocycles. The Bertz CT molecular complexity index is 999. The first-order valence-corrected chi connectivity index (χ1v) is 12.2. The second-order valence-corrected chi connectivity index (χ2v) is 9.32. The normalized spacial score (nSPS) is 12.9. The van der Waals surface area contributed by atoms with Crippen LogP contribution in [-0.2, 0) is 21.4 Å². The Morgan fingerprint density at radius 2 is 1.78 bits per heavy atom. The van der Waals surface area contributed by atoms with Crippen molar-refractivity contribution in [3.63, 3.8) is 0 Å². The molecule has 1 atom stereocenters. The maximum Gasteiger partial charge on any atom is 0.422 e. The predicted octanol–water partition coefficient (Wildman–Crippen LogP) is 3.48. The summed E-state index contributed by atoms with van der Waals surface area (Å²) in [6.07, 6.45) is -2.48. The summed E-state index contributed by atoms with van der Waals surface area (Å²) in [5, 5.41) is 2.58. The Hall–Kier alpha value is -2.31. The quantitative estimate of drug-likeness (QED) is 0.468. The molecule has 0 heterocycles. The Morgan fingerprint density at radius 3 is 2.38 bits per heavy atom. The number of carbonyl (C=O) groups excluding carboxylic acids is 1. The fourth-order valence-corrected chi connectivity index (χ4v) is 4.35. The standard InChI is InChI=1S/C20H22F4N2O4S2/c1-31-11-10-17(26-32(28,29)18-5-3-2-4-16(18)21)19(27)25-12-14-6-8-15(9-7-14)30-13-20(22,23)24/h2-9,17,26H,10-13H2,1H3,(H,25,27). The van der Waals surface area contributed by atoms with Crippen molar-refractivity contribution in [3.05, 3.63) is 59.9 Å². The number of alkyl halides is 3. The van der Waals surface area contributed by atoms with Gasteiger partial charge in [-0.2, -0.15) is 29.7 Å². The number of ether oxygens (including phenoxy) is 1. The monoisotopic (exact) mass is 494 g/mol. The van der Waals surface area contributed by atoms with Crippen LogP contribution in [0, 0.1) is 5.82 Å². The van der Waals surface area contributed by atoms with Crippen molar-refractivity contribution in [2.75, 3.05) is 18.6 Å². The van der Waals surface area contributed by atoms with Gasteiger partial charge in [0.15, 0.2) is 6.61 Å². The smallest absolute Gasteiger partial charge is 0.422 e. The molecule has 12 heteroatoms. The number of carbonyl (C=O) groups is 1. The molecule has 1 unspecified atom stereocenters. The van der Waals surface area contributed by atoms with E-state index in [2.05, 4.69) is 14.8 Å². The van der Waals surface area contributed by atoms with Gasteiger partial charge in [0.2, 0.25) is 15.9 Å². The van der Waals surface area contributed by atoms with Crippen molar-refractivity contribution >= 4 is 27.7 Å². The van der Waals surface area contributed by atoms with Crippen LogP contribution in [0.2, 0.25) is 0 Å². The molecule has 6 nitrogen and oxygen atoms in total. The number of rotatable bonds is 11. The summed E-state index contributed by atoms with van der Waals surface area (Å²) in [6.45, 7) is -1.40. The number of halogens is 4. The number of amides is 1. The van der Waals surface area contributed by atoms with Crippen molar-refractivity contribution in [1.82, 2.24) is 10.0 Å². The zero-order chi connectivity index (χ0) is 23.8. The van der Waals surface area contributed by atoms with Gasteiger partial charge in [-0.25, -0.2) is 12.8 Å². The molecule has 0 aliphatic rings. The number of nitrogens with one attached hydrogen (secondary N) is 2. The van der Waals surface area contributed by atoms with E-state index in [1.54, 1.807) is 6.26 Å². The Kier molecular flexibility index (Phi) is 9.34. The minimum absolute atomic E-state index is 0.00950. The summed E-state index contributed by atoms with van der Waals surface area (Å²) in [5.41, 5.74) is 0.568. The van der Waals surface area contributed by atoms with Crippen molar-refractivity contribution in [2.24, 2.45) is 0 Å². The molecule has 2 rings (SSSR count). The molecule has 0 saturated carbocycles. The summed E-state index contributed by atoms with van der Waals surface area (Å²) >= 11 is 1.41. The molecule has 0 fully saturated rings. The van der Waals surface area contributed by atoms with Gasteiger partial charge in [0.1, 0.15) is 22.5 Å². The highest BCUT2D eigenvalue weighted by Gasteiger charge is 2.29. The molecule has 0 aromatic heterocycles. The van der Waals surface area contributed by atoms with Crippen molar-refractivity contribution in [2.45, 2.75) is 30.1 Å². The molecule has 1 amide bonds. The van der Waals surface area contributed by atoms with Crippen LogP contribution in [0.3, 0.4) is 0 Å². The second kappa shape index (κ2) is 11.5. The molecule has 2 aromatic rings. The SMILES string of the molecule is CSCCC(NS(=O)(=O)c1ccccc1F)C(=O)NCc1ccc(OCC(F)(F)F)cc1. The van der Waals surface area contributed by atoms with Gasteiger partial charge in [0.25, 0.3) is 0 Å². The van der Waals surface area contributed by atoms with Crippen molar-refractivity contribution < 1.29 is 35.5 Å². The highest BCUT2D eigenvalue weighted by atomic mass is 32.2. The highest BCUT2D eigenvalue weighted by molar-refractivity contribution is 7.98. The van der Waals surface area contributed by atoms with Gasteiger partial charge in [0.05, 0.1) is 0 Å². The first-order chi connectivity index (χ1) is 15.0. The highest BCUT2D eigenvalue weighted by Crippen LogP contribution is 2.19. The lowest BCUT2D eigenvalue weighted by Crippen LogP contribution is -2.46. The largest absolute Gasteiger partial charge is 0.484 e. The number of thioether (sulfide) groups is 1. The molecule has 32 heavy (non-hydrogen) atoms. The van der Waals surface area contributed by atoms with Gasteiger partial charge < -0.3 is 10.1 Å². The molecule has 0 bridgehead atoms. The Morgan fingerprint density at radius 1 is 1.12 bits per heavy atom. The summed E-state index contributed by atoms with van der Waals surface area (Å²) < 4.78 is 82.5. The van der Waals surface area contributed by atoms with Crippen LogP contribution in [-0.4, -0.2) is 45.2 Å². The predicted molar refractivity (Wildman–Crippen MR) is 113 cm³/mol. The average Bonchev–Trinajstić information content (AvgIpc) is 2.73. The van der Waals surface area contributed by atoms with Crippen LogP contribution in [0.15, 0.2) is 53.4 Å². The van der Waals surface area contributed by atoms with E-state index < -0.39 is 45.5 Å². The maximum atomic E-state index is 13.9. The van der Waals surface area contributed by atoms with Gasteiger partial charge in [-0.1, -0.05) is 24.3 Å². The van der Waals surface area contributed by atoms with E-state index >= 15 is 0 Å². The second-order valence-electron chi connectivity index (χ2n) is 6.65. The lowest BCUT2D eigenvalue weighted by Gasteiger charge is -2.18. The molecular formula is C20H22F4N2O4S2. The summed E-state index contributed by atoms with van der Waals surface area (Å²) in [5.74, 6) is -1.05. The number of sulfonamides is 1. The lowest BCUT2D eigenvalue weighted by atomic mass is 10.2. The molecule has 0 radical (unpaired) electrons. The van der Waals surface area contributed by atoms with E-state index in [4.69, 9.17) is 0 Å². The van der Waals surface area contributed by atoms with Crippen molar-refractivity contribution in [1.29, 1.82) is 0 Å². The van der Waals surface area contributed by atoms with E-state index in [9.17, 15) is 30.8 Å². The molecule has 0 saturated heterocycles. The van der Waals surface area contributed by atoms with E-state index in [0.29, 0.717) is 11.3 Å². The summed E-state index contributed by atoms with van der Waals surface area (Å²) in [4.78, 5) is 12.0. The number of hydrogen-bond donors (Lipinski definition) is 2. The van der Waals surface area contributed by atoms with Crippen molar-refractivity contribution in [3.8, 4) is 5.75 Å². The summed E-state index contributed by atoms with van der Waals surface area (Å²) in [6, 6.07) is 9.32. The third-order valence-corrected chi connectivity index (χ3v) is 6.29. The van der Waals surface area contributed by atoms with E-state index in [1.165, 1.54) is 48.2 Å². The number of benzene rings is 2. The maximum absolute atomic E-state index is 13.9. The molecule has 176 valence electrons. The molecule has 0 aliphatic heterocycles. The van der Waals surface area contributed by atoms with Crippen LogP contribution in [0.5, 0.6) is 5.75 Å². The molecule has 2 N–H and O–H groups in total. The van der Waals surface area contributed by atoms with E-state index in [1.807, 2.05) is 0 Å². The van der Waals surface area contributed by atoms with Crippen LogP contribution in [0.25, 0.3) is 0 Å². The third-order valence-electron chi connectivity index (χ3n) is 4.14. The van der Waals surface area contributed by atoms with E-state index in [0.717, 1.165) is 12.1 Å². The molecule has 0 spiro atoms. The molecular weight excluding hydrogens is 472 g/mol. The first-order valence-electron chi connectivity index (χ1n) is 9.34. The van der Waals surface area contributed by atoms with Crippen LogP contribution < -0.4 is 14.8 Å². The van der Waals surface area contributed by atoms with Crippen LogP contribution >= 0.6 is 11.8 Å². The first kappa shape index (κ1) is 25.9. The van der Waals surface area contributed by atoms with Crippen LogP contribution in [0.4, 0.5) is 17.6 Å². The minimum Gasteiger partial charge on any atom is -0.484 e. The van der Waals surface area contributed by atoms with Gasteiger partial charge in [-0.3, -0.25) is 4.79 Å². The van der Waals surface area contributed by atoms with E-state index in [-0.39, 0.29) is 18.7 Å². The lowest BCUT2D eigenvalue weighted by molar-refractivity contribution is -0.153. The topological polar surface area (TPSA) is 84.5 Å². The summed E-state index contributed by atoms with van der Waals surface area (Å²) in [7, 11) is -4.28. The van der Waals surface area contributed by atoms with Gasteiger partial charge >= 0.3 is 6.18 Å². The number of hydrogen-bond acceptors (Lipinski definition) is 5. The van der Waals surface area contributed by atoms with Gasteiger partial charge in [0, 0.05) is 6.54 Å². The fraction of sp³-hybridized carbons (Fsp3) is 0.350. The van der Waals surface area contributed by atoms with Crippen LogP contribution in [0.1, 0.15) is 12.0 Å². The zero-order valence-electron chi connectivity index (χ0n) is 17.0. The van der Waals surface area contributed by atoms with Gasteiger partial charge in [-0.15, -0.1) is 0 Å². The fourth-order valence-electron chi connectivity index (χ4n) is 2.57. The zero-order valence-corrected chi connectivity index (χ0v) is 18.6. The van der Waals surface area contributed by atoms with Gasteiger partial charge in [-0.05, 0) is 48.3 Å². The Labute approximate surface area is 187 Å². The minimum atomic E-state index is -4.45. The molecule has 2 aromatic carbocycles. The Balaban J connectivity index is 2.01. The third kappa shape index (κ3) is 8.32. The average molecular weight is 495 g/mol.